The number of carbonyl (C=O) groups excluding carboxylic acids is 1. The van der Waals surface area contributed by atoms with E-state index in [9.17, 15) is 4.79 Å². The number of guanidine groups is 1. The summed E-state index contributed by atoms with van der Waals surface area (Å²) in [6.07, 6.45) is 3.37. The Morgan fingerprint density at radius 2 is 1.94 bits per heavy atom. The van der Waals surface area contributed by atoms with Crippen LogP contribution in [0.3, 0.4) is 0 Å². The second kappa shape index (κ2) is 11.8. The fourth-order valence-corrected chi connectivity index (χ4v) is 4.65. The number of hydrogen-bond acceptors (Lipinski definition) is 3. The van der Waals surface area contributed by atoms with E-state index in [0.29, 0.717) is 25.5 Å². The number of nitrogens with zero attached hydrogens (tertiary/aromatic N) is 3. The quantitative estimate of drug-likeness (QED) is 0.360. The maximum atomic E-state index is 12.7. The van der Waals surface area contributed by atoms with Gasteiger partial charge in [-0.1, -0.05) is 48.5 Å². The van der Waals surface area contributed by atoms with Crippen molar-refractivity contribution in [2.24, 2.45) is 10.9 Å². The molecule has 0 bridgehead atoms. The minimum Gasteiger partial charge on any atom is -0.376 e. The molecule has 2 aromatic carbocycles. The lowest BCUT2D eigenvalue weighted by Gasteiger charge is -2.22. The van der Waals surface area contributed by atoms with Crippen LogP contribution in [0.25, 0.3) is 0 Å². The highest BCUT2D eigenvalue weighted by Crippen LogP contribution is 2.28. The lowest BCUT2D eigenvalue weighted by molar-refractivity contribution is -0.118. The van der Waals surface area contributed by atoms with E-state index in [-0.39, 0.29) is 5.91 Å². The van der Waals surface area contributed by atoms with Crippen LogP contribution in [-0.4, -0.2) is 56.1 Å². The van der Waals surface area contributed by atoms with E-state index < -0.39 is 0 Å². The molecule has 1 fully saturated rings. The van der Waals surface area contributed by atoms with E-state index in [4.69, 9.17) is 9.73 Å². The van der Waals surface area contributed by atoms with Crippen LogP contribution in [0.2, 0.25) is 0 Å². The Balaban J connectivity index is 1.20. The molecule has 1 saturated heterocycles. The Morgan fingerprint density at radius 1 is 1.12 bits per heavy atom. The number of para-hydroxylation sites is 1. The molecule has 2 aromatic rings. The summed E-state index contributed by atoms with van der Waals surface area (Å²) in [6, 6.07) is 18.5. The molecule has 0 saturated carbocycles. The fourth-order valence-electron chi connectivity index (χ4n) is 4.65. The van der Waals surface area contributed by atoms with Crippen LogP contribution < -0.4 is 10.2 Å². The van der Waals surface area contributed by atoms with Crippen LogP contribution in [-0.2, 0) is 22.6 Å². The Hall–Kier alpha value is -2.86. The normalized spacial score (nSPS) is 18.0. The van der Waals surface area contributed by atoms with Crippen LogP contribution in [0, 0.1) is 5.92 Å². The molecule has 0 aliphatic carbocycles. The fraction of sp³-hybridized carbons (Fsp3) is 0.481. The molecular weight excluding hydrogens is 412 g/mol. The van der Waals surface area contributed by atoms with E-state index in [1.165, 1.54) is 11.1 Å². The molecule has 6 heteroatoms. The van der Waals surface area contributed by atoms with E-state index >= 15 is 0 Å². The van der Waals surface area contributed by atoms with Gasteiger partial charge in [0.2, 0.25) is 5.91 Å². The van der Waals surface area contributed by atoms with Crippen molar-refractivity contribution in [3.05, 3.63) is 65.7 Å². The zero-order chi connectivity index (χ0) is 22.9. The first kappa shape index (κ1) is 23.3. The van der Waals surface area contributed by atoms with Crippen molar-refractivity contribution in [2.75, 3.05) is 44.2 Å². The maximum Gasteiger partial charge on any atom is 0.227 e. The summed E-state index contributed by atoms with van der Waals surface area (Å²) in [5, 5.41) is 3.42. The molecular formula is C27H36N4O2. The molecule has 0 radical (unpaired) electrons. The van der Waals surface area contributed by atoms with E-state index in [2.05, 4.69) is 41.4 Å². The monoisotopic (exact) mass is 448 g/mol. The van der Waals surface area contributed by atoms with Crippen LogP contribution >= 0.6 is 0 Å². The maximum absolute atomic E-state index is 12.7. The van der Waals surface area contributed by atoms with Crippen LogP contribution in [0.4, 0.5) is 5.69 Å². The van der Waals surface area contributed by atoms with Crippen molar-refractivity contribution in [1.82, 2.24) is 10.2 Å². The molecule has 2 aliphatic heterocycles. The Labute approximate surface area is 197 Å². The topological polar surface area (TPSA) is 57.2 Å². The van der Waals surface area contributed by atoms with E-state index in [1.807, 2.05) is 35.2 Å². The lowest BCUT2D eigenvalue weighted by Crippen LogP contribution is -2.40. The Kier molecular flexibility index (Phi) is 8.36. The SMILES string of the molecule is CCNC(=NCCCC(=O)N1CCc2ccccc21)N1CCC(COCc2ccccc2)C1. The average molecular weight is 449 g/mol. The Bertz CT molecular complexity index is 931. The third kappa shape index (κ3) is 6.35. The highest BCUT2D eigenvalue weighted by Gasteiger charge is 2.25. The largest absolute Gasteiger partial charge is 0.376 e. The first-order valence-electron chi connectivity index (χ1n) is 12.3. The number of fused-ring (bicyclic) bond motifs is 1. The van der Waals surface area contributed by atoms with Gasteiger partial charge in [0.15, 0.2) is 5.96 Å². The number of nitrogens with one attached hydrogen (secondary N) is 1. The van der Waals surface area contributed by atoms with Gasteiger partial charge in [-0.3, -0.25) is 9.79 Å². The molecule has 1 amide bonds. The predicted molar refractivity (Wildman–Crippen MR) is 133 cm³/mol. The molecule has 1 unspecified atom stereocenters. The third-order valence-electron chi connectivity index (χ3n) is 6.38. The molecule has 176 valence electrons. The van der Waals surface area contributed by atoms with Gasteiger partial charge in [-0.15, -0.1) is 0 Å². The van der Waals surface area contributed by atoms with Gasteiger partial charge < -0.3 is 19.9 Å². The first-order chi connectivity index (χ1) is 16.2. The summed E-state index contributed by atoms with van der Waals surface area (Å²) in [7, 11) is 0. The zero-order valence-corrected chi connectivity index (χ0v) is 19.7. The van der Waals surface area contributed by atoms with Crippen LogP contribution in [0.1, 0.15) is 37.3 Å². The van der Waals surface area contributed by atoms with Gasteiger partial charge in [0.25, 0.3) is 0 Å². The number of ether oxygens (including phenoxy) is 1. The predicted octanol–water partition coefficient (Wildman–Crippen LogP) is 3.86. The van der Waals surface area contributed by atoms with Crippen LogP contribution in [0.5, 0.6) is 0 Å². The molecule has 0 aromatic heterocycles. The molecule has 2 heterocycles. The number of likely N-dealkylation sites (tertiary alicyclic amines) is 1. The highest BCUT2D eigenvalue weighted by atomic mass is 16.5. The van der Waals surface area contributed by atoms with E-state index in [0.717, 1.165) is 63.7 Å². The van der Waals surface area contributed by atoms with Gasteiger partial charge in [-0.05, 0) is 43.4 Å². The second-order valence-electron chi connectivity index (χ2n) is 8.86. The number of carbonyl (C=O) groups is 1. The van der Waals surface area contributed by atoms with Gasteiger partial charge in [-0.25, -0.2) is 0 Å². The molecule has 0 spiro atoms. The number of benzene rings is 2. The van der Waals surface area contributed by atoms with Crippen molar-refractivity contribution in [1.29, 1.82) is 0 Å². The van der Waals surface area contributed by atoms with Crippen molar-refractivity contribution in [3.8, 4) is 0 Å². The third-order valence-corrected chi connectivity index (χ3v) is 6.38. The van der Waals surface area contributed by atoms with E-state index in [1.54, 1.807) is 0 Å². The van der Waals surface area contributed by atoms with Gasteiger partial charge in [0.05, 0.1) is 13.2 Å². The van der Waals surface area contributed by atoms with Crippen molar-refractivity contribution < 1.29 is 9.53 Å². The molecule has 33 heavy (non-hydrogen) atoms. The average Bonchev–Trinajstić information content (AvgIpc) is 3.49. The second-order valence-corrected chi connectivity index (χ2v) is 8.86. The lowest BCUT2D eigenvalue weighted by atomic mass is 10.1. The smallest absolute Gasteiger partial charge is 0.227 e. The van der Waals surface area contributed by atoms with Crippen molar-refractivity contribution in [3.63, 3.8) is 0 Å². The zero-order valence-electron chi connectivity index (χ0n) is 19.7. The number of amides is 1. The molecule has 6 nitrogen and oxygen atoms in total. The van der Waals surface area contributed by atoms with Crippen molar-refractivity contribution in [2.45, 2.75) is 39.2 Å². The van der Waals surface area contributed by atoms with Crippen molar-refractivity contribution >= 4 is 17.6 Å². The minimum atomic E-state index is 0.206. The summed E-state index contributed by atoms with van der Waals surface area (Å²) in [6.45, 7) is 7.80. The molecule has 2 aliphatic rings. The standard InChI is InChI=1S/C27H36N4O2/c1-2-28-27(30-17-14-23(19-30)21-33-20-22-9-4-3-5-10-22)29-16-8-13-26(32)31-18-15-24-11-6-7-12-25(24)31/h3-7,9-12,23H,2,8,13-21H2,1H3,(H,28,29). The summed E-state index contributed by atoms with van der Waals surface area (Å²) in [5.74, 6) is 1.69. The summed E-state index contributed by atoms with van der Waals surface area (Å²) < 4.78 is 5.96. The molecule has 1 N–H and O–H groups in total. The van der Waals surface area contributed by atoms with Gasteiger partial charge in [0, 0.05) is 50.7 Å². The summed E-state index contributed by atoms with van der Waals surface area (Å²) >= 11 is 0. The molecule has 1 atom stereocenters. The summed E-state index contributed by atoms with van der Waals surface area (Å²) in [5.41, 5.74) is 3.57. The van der Waals surface area contributed by atoms with Gasteiger partial charge in [-0.2, -0.15) is 0 Å². The van der Waals surface area contributed by atoms with Gasteiger partial charge >= 0.3 is 0 Å². The number of rotatable bonds is 9. The van der Waals surface area contributed by atoms with Gasteiger partial charge in [0.1, 0.15) is 0 Å². The first-order valence-corrected chi connectivity index (χ1v) is 12.3. The number of anilines is 1. The molecule has 4 rings (SSSR count). The highest BCUT2D eigenvalue weighted by molar-refractivity contribution is 5.95. The number of aliphatic imine (C=N–C) groups is 1. The van der Waals surface area contributed by atoms with Crippen LogP contribution in [0.15, 0.2) is 59.6 Å². The summed E-state index contributed by atoms with van der Waals surface area (Å²) in [4.78, 5) is 21.8. The minimum absolute atomic E-state index is 0.206. The number of hydrogen-bond donors (Lipinski definition) is 1. The Morgan fingerprint density at radius 3 is 2.79 bits per heavy atom.